The Hall–Kier alpha value is 0.137. The Kier molecular flexibility index (Phi) is 5.28. The minimum absolute atomic E-state index is 0.190. The van der Waals surface area contributed by atoms with Gasteiger partial charge in [-0.05, 0) is 85.0 Å². The maximum absolute atomic E-state index is 10.2. The third kappa shape index (κ3) is 4.04. The summed E-state index contributed by atoms with van der Waals surface area (Å²) in [7, 11) is -0.622. The second-order valence-corrected chi connectivity index (χ2v) is 13.5. The molecule has 0 heterocycles. The molecule has 25 heavy (non-hydrogen) atoms. The molecule has 146 valence electrons. The number of aliphatic hydroxyl groups is 1. The second kappa shape index (κ2) is 6.63. The summed E-state index contributed by atoms with van der Waals surface area (Å²) in [5, 5.41) is 10.2. The van der Waals surface area contributed by atoms with Gasteiger partial charge in [0, 0.05) is 0 Å². The lowest BCUT2D eigenvalue weighted by atomic mass is 9.47. The maximum atomic E-state index is 10.2. The van der Waals surface area contributed by atoms with Crippen molar-refractivity contribution in [2.45, 2.75) is 105 Å². The smallest absolute Gasteiger partial charge is 0.166 e. The molecule has 4 saturated carbocycles. The van der Waals surface area contributed by atoms with Gasteiger partial charge < -0.3 is 9.53 Å². The van der Waals surface area contributed by atoms with E-state index in [1.165, 1.54) is 32.1 Å². The fourth-order valence-corrected chi connectivity index (χ4v) is 9.37. The zero-order valence-electron chi connectivity index (χ0n) is 17.8. The SMILES string of the molecule is CC(O)CC12CC3CC(CC(C3)C1O[SiH2]C(C(C)(C)C)C(C)(C)C)C2. The van der Waals surface area contributed by atoms with E-state index in [0.29, 0.717) is 22.5 Å². The zero-order valence-corrected chi connectivity index (χ0v) is 19.2. The quantitative estimate of drug-likeness (QED) is 0.699. The van der Waals surface area contributed by atoms with Crippen molar-refractivity contribution in [2.75, 3.05) is 0 Å². The predicted molar refractivity (Wildman–Crippen MR) is 108 cm³/mol. The van der Waals surface area contributed by atoms with Crippen molar-refractivity contribution in [1.82, 2.24) is 0 Å². The standard InChI is InChI=1S/C22H42O2Si/c1-14(23)11-22-12-15-8-16(13-22)10-17(9-15)18(22)24-25-19(20(2,3)4)21(5,6)7/h14-19,23H,8-13,25H2,1-7H3. The van der Waals surface area contributed by atoms with E-state index < -0.39 is 9.76 Å². The molecule has 0 amide bonds. The first-order chi connectivity index (χ1) is 11.4. The highest BCUT2D eigenvalue weighted by Gasteiger charge is 2.57. The Bertz CT molecular complexity index is 440. The van der Waals surface area contributed by atoms with Crippen molar-refractivity contribution in [2.24, 2.45) is 34.0 Å². The van der Waals surface area contributed by atoms with Crippen LogP contribution in [0, 0.1) is 34.0 Å². The molecular weight excluding hydrogens is 324 g/mol. The molecule has 4 unspecified atom stereocenters. The van der Waals surface area contributed by atoms with Crippen LogP contribution in [0.15, 0.2) is 0 Å². The van der Waals surface area contributed by atoms with Gasteiger partial charge in [0.1, 0.15) is 0 Å². The molecule has 0 aromatic carbocycles. The lowest BCUT2D eigenvalue weighted by Gasteiger charge is -2.62. The second-order valence-electron chi connectivity index (χ2n) is 12.1. The highest BCUT2D eigenvalue weighted by Crippen LogP contribution is 2.62. The van der Waals surface area contributed by atoms with Gasteiger partial charge in [-0.15, -0.1) is 0 Å². The molecule has 2 nitrogen and oxygen atoms in total. The third-order valence-corrected chi connectivity index (χ3v) is 10.9. The van der Waals surface area contributed by atoms with Crippen LogP contribution in [0.1, 0.15) is 87.0 Å². The molecule has 3 heteroatoms. The van der Waals surface area contributed by atoms with Gasteiger partial charge in [0.2, 0.25) is 0 Å². The summed E-state index contributed by atoms with van der Waals surface area (Å²) in [6.45, 7) is 16.3. The van der Waals surface area contributed by atoms with E-state index in [-0.39, 0.29) is 11.5 Å². The Morgan fingerprint density at radius 1 is 1.00 bits per heavy atom. The zero-order chi connectivity index (χ0) is 18.6. The lowest BCUT2D eigenvalue weighted by molar-refractivity contribution is -0.157. The highest BCUT2D eigenvalue weighted by atomic mass is 28.2. The van der Waals surface area contributed by atoms with Crippen LogP contribution in [0.5, 0.6) is 0 Å². The van der Waals surface area contributed by atoms with Crippen LogP contribution in [-0.2, 0) is 4.43 Å². The molecule has 0 spiro atoms. The van der Waals surface area contributed by atoms with Gasteiger partial charge in [0.15, 0.2) is 9.76 Å². The normalized spacial score (nSPS) is 39.7. The van der Waals surface area contributed by atoms with E-state index in [2.05, 4.69) is 41.5 Å². The van der Waals surface area contributed by atoms with Crippen molar-refractivity contribution < 1.29 is 9.53 Å². The van der Waals surface area contributed by atoms with Gasteiger partial charge in [-0.1, -0.05) is 41.5 Å². The number of aliphatic hydroxyl groups excluding tert-OH is 1. The summed E-state index contributed by atoms with van der Waals surface area (Å²) in [4.78, 5) is 0. The molecule has 0 aromatic heterocycles. The molecule has 4 aliphatic rings. The summed E-state index contributed by atoms with van der Waals surface area (Å²) < 4.78 is 6.97. The predicted octanol–water partition coefficient (Wildman–Crippen LogP) is 4.93. The molecule has 1 N–H and O–H groups in total. The first-order valence-corrected chi connectivity index (χ1v) is 12.1. The summed E-state index contributed by atoms with van der Waals surface area (Å²) >= 11 is 0. The topological polar surface area (TPSA) is 29.5 Å². The minimum Gasteiger partial charge on any atom is -0.420 e. The summed E-state index contributed by atoms with van der Waals surface area (Å²) in [5.74, 6) is 2.61. The van der Waals surface area contributed by atoms with Gasteiger partial charge in [-0.2, -0.15) is 0 Å². The van der Waals surface area contributed by atoms with Crippen LogP contribution >= 0.6 is 0 Å². The largest absolute Gasteiger partial charge is 0.420 e. The molecule has 0 aromatic rings. The number of hydrogen-bond acceptors (Lipinski definition) is 2. The van der Waals surface area contributed by atoms with Crippen LogP contribution in [0.4, 0.5) is 0 Å². The van der Waals surface area contributed by atoms with Gasteiger partial charge >= 0.3 is 0 Å². The molecule has 4 rings (SSSR count). The van der Waals surface area contributed by atoms with Crippen LogP contribution in [0.2, 0.25) is 5.54 Å². The van der Waals surface area contributed by atoms with Crippen molar-refractivity contribution in [1.29, 1.82) is 0 Å². The van der Waals surface area contributed by atoms with Gasteiger partial charge in [0.25, 0.3) is 0 Å². The Morgan fingerprint density at radius 3 is 1.96 bits per heavy atom. The summed E-state index contributed by atoms with van der Waals surface area (Å²) in [6.07, 6.45) is 8.10. The first-order valence-electron chi connectivity index (χ1n) is 10.7. The molecule has 4 bridgehead atoms. The van der Waals surface area contributed by atoms with E-state index in [4.69, 9.17) is 4.43 Å². The Morgan fingerprint density at radius 2 is 1.52 bits per heavy atom. The van der Waals surface area contributed by atoms with E-state index in [0.717, 1.165) is 24.2 Å². The van der Waals surface area contributed by atoms with Crippen LogP contribution in [0.25, 0.3) is 0 Å². The average Bonchev–Trinajstić information content (AvgIpc) is 2.36. The van der Waals surface area contributed by atoms with E-state index in [1.54, 1.807) is 0 Å². The fourth-order valence-electron chi connectivity index (χ4n) is 7.35. The fraction of sp³-hybridized carbons (Fsp3) is 1.00. The third-order valence-electron chi connectivity index (χ3n) is 7.60. The Labute approximate surface area is 158 Å². The van der Waals surface area contributed by atoms with Crippen LogP contribution in [-0.4, -0.2) is 27.1 Å². The van der Waals surface area contributed by atoms with Crippen molar-refractivity contribution in [3.05, 3.63) is 0 Å². The Balaban J connectivity index is 1.78. The monoisotopic (exact) mass is 366 g/mol. The van der Waals surface area contributed by atoms with Gasteiger partial charge in [0.05, 0.1) is 12.2 Å². The molecule has 4 atom stereocenters. The molecule has 4 aliphatic carbocycles. The maximum Gasteiger partial charge on any atom is 0.166 e. The van der Waals surface area contributed by atoms with Crippen LogP contribution in [0.3, 0.4) is 0 Å². The number of rotatable bonds is 5. The minimum atomic E-state index is -0.622. The van der Waals surface area contributed by atoms with E-state index >= 15 is 0 Å². The number of hydrogen-bond donors (Lipinski definition) is 1. The van der Waals surface area contributed by atoms with E-state index in [9.17, 15) is 5.11 Å². The average molecular weight is 367 g/mol. The first kappa shape index (κ1) is 19.9. The summed E-state index contributed by atoms with van der Waals surface area (Å²) in [5.41, 5.74) is 1.60. The van der Waals surface area contributed by atoms with E-state index in [1.807, 2.05) is 6.92 Å². The molecule has 0 radical (unpaired) electrons. The highest BCUT2D eigenvalue weighted by molar-refractivity contribution is 6.30. The van der Waals surface area contributed by atoms with Crippen molar-refractivity contribution in [3.63, 3.8) is 0 Å². The molecule has 0 saturated heterocycles. The van der Waals surface area contributed by atoms with Crippen molar-refractivity contribution in [3.8, 4) is 0 Å². The molecular formula is C22H42O2Si. The van der Waals surface area contributed by atoms with Gasteiger partial charge in [-0.3, -0.25) is 0 Å². The van der Waals surface area contributed by atoms with Crippen molar-refractivity contribution >= 4 is 9.76 Å². The lowest BCUT2D eigenvalue weighted by Crippen LogP contribution is -2.58. The van der Waals surface area contributed by atoms with Gasteiger partial charge in [-0.25, -0.2) is 0 Å². The van der Waals surface area contributed by atoms with Crippen LogP contribution < -0.4 is 0 Å². The molecule has 0 aliphatic heterocycles. The molecule has 4 fully saturated rings. The summed E-state index contributed by atoms with van der Waals surface area (Å²) in [6, 6.07) is 0.